The van der Waals surface area contributed by atoms with Crippen molar-refractivity contribution in [1.82, 2.24) is 14.8 Å². The van der Waals surface area contributed by atoms with Crippen molar-refractivity contribution in [2.75, 3.05) is 0 Å². The fourth-order valence-corrected chi connectivity index (χ4v) is 10.1. The Hall–Kier alpha value is -4.30. The van der Waals surface area contributed by atoms with E-state index in [2.05, 4.69) is 10.2 Å². The molecule has 0 spiro atoms. The molecule has 0 saturated carbocycles. The highest BCUT2D eigenvalue weighted by Crippen LogP contribution is 2.46. The highest BCUT2D eigenvalue weighted by atomic mass is 31.2. The third kappa shape index (κ3) is 4.30. The molecule has 0 bridgehead atoms. The summed E-state index contributed by atoms with van der Waals surface area (Å²) >= 11 is 0. The smallest absolute Gasteiger partial charge is 0.207 e. The molecular weight excluding hydrogens is 520 g/mol. The van der Waals surface area contributed by atoms with E-state index < -0.39 is 14.3 Å². The summed E-state index contributed by atoms with van der Waals surface area (Å²) < 4.78 is 32.6. The van der Waals surface area contributed by atoms with Crippen molar-refractivity contribution >= 4 is 46.6 Å². The minimum Gasteiger partial charge on any atom is -0.305 e. The first-order valence-corrected chi connectivity index (χ1v) is 16.0. The Morgan fingerprint density at radius 3 is 0.923 bits per heavy atom. The topological polar surface area (TPSA) is 64.8 Å². The van der Waals surface area contributed by atoms with Crippen LogP contribution < -0.4 is 32.3 Å². The van der Waals surface area contributed by atoms with E-state index in [1.165, 1.54) is 0 Å². The van der Waals surface area contributed by atoms with E-state index in [0.717, 1.165) is 0 Å². The monoisotopic (exact) mass is 545 g/mol. The third-order valence-electron chi connectivity index (χ3n) is 6.69. The first kappa shape index (κ1) is 25.0. The molecule has 0 saturated heterocycles. The molecule has 5 nitrogen and oxygen atoms in total. The molecule has 6 rings (SSSR count). The molecule has 1 aromatic heterocycles. The van der Waals surface area contributed by atoms with Crippen LogP contribution in [0.25, 0.3) is 5.69 Å². The number of hydrogen-bond acceptors (Lipinski definition) is 4. The largest absolute Gasteiger partial charge is 0.305 e. The Morgan fingerprint density at radius 1 is 0.385 bits per heavy atom. The number of nitrogens with zero attached hydrogens (tertiary/aromatic N) is 3. The van der Waals surface area contributed by atoms with Gasteiger partial charge in [-0.25, -0.2) is 0 Å². The van der Waals surface area contributed by atoms with Gasteiger partial charge < -0.3 is 9.13 Å². The van der Waals surface area contributed by atoms with Gasteiger partial charge in [-0.15, -0.1) is 10.2 Å². The maximum absolute atomic E-state index is 15.4. The maximum Gasteiger partial charge on any atom is 0.207 e. The molecule has 7 heteroatoms. The Balaban J connectivity index is 1.73. The molecule has 0 fully saturated rings. The van der Waals surface area contributed by atoms with Crippen molar-refractivity contribution in [1.29, 1.82) is 0 Å². The molecule has 0 aliphatic carbocycles. The molecule has 0 aliphatic heterocycles. The molecule has 39 heavy (non-hydrogen) atoms. The van der Waals surface area contributed by atoms with Gasteiger partial charge in [0, 0.05) is 26.9 Å². The van der Waals surface area contributed by atoms with Crippen LogP contribution in [0.15, 0.2) is 152 Å². The number of aromatic nitrogens is 3. The second-order valence-electron chi connectivity index (χ2n) is 9.03. The maximum atomic E-state index is 15.4. The normalized spacial score (nSPS) is 11.8. The zero-order valence-electron chi connectivity index (χ0n) is 21.0. The van der Waals surface area contributed by atoms with E-state index in [1.54, 1.807) is 4.57 Å². The van der Waals surface area contributed by atoms with E-state index in [0.29, 0.717) is 26.9 Å². The van der Waals surface area contributed by atoms with Crippen LogP contribution in [0.2, 0.25) is 0 Å². The Labute approximate surface area is 227 Å². The van der Waals surface area contributed by atoms with Gasteiger partial charge in [-0.05, 0) is 12.1 Å². The molecule has 190 valence electrons. The fraction of sp³-hybridized carbons (Fsp3) is 0. The fourth-order valence-electron chi connectivity index (χ4n) is 4.80. The summed E-state index contributed by atoms with van der Waals surface area (Å²) in [7, 11) is -7.09. The predicted octanol–water partition coefficient (Wildman–Crippen LogP) is 4.55. The average Bonchev–Trinajstić information content (AvgIpc) is 3.49. The second-order valence-corrected chi connectivity index (χ2v) is 14.3. The minimum atomic E-state index is -3.54. The summed E-state index contributed by atoms with van der Waals surface area (Å²) in [6.07, 6.45) is 0. The molecule has 0 atom stereocenters. The van der Waals surface area contributed by atoms with Crippen molar-refractivity contribution in [3.63, 3.8) is 0 Å². The molecule has 0 radical (unpaired) electrons. The number of benzene rings is 5. The summed E-state index contributed by atoms with van der Waals surface area (Å²) in [5.74, 6) is 0. The number of rotatable bonds is 7. The lowest BCUT2D eigenvalue weighted by Crippen LogP contribution is -2.37. The SMILES string of the molecule is O=P(c1ccccc1)(c1ccccc1)c1nnc(P(=O)(c2ccccc2)c2ccccc2)n1-c1ccccc1. The highest BCUT2D eigenvalue weighted by Gasteiger charge is 2.42. The lowest BCUT2D eigenvalue weighted by Gasteiger charge is -2.23. The van der Waals surface area contributed by atoms with Gasteiger partial charge in [0.25, 0.3) is 0 Å². The third-order valence-corrected chi connectivity index (χ3v) is 12.5. The van der Waals surface area contributed by atoms with Gasteiger partial charge in [-0.1, -0.05) is 140 Å². The van der Waals surface area contributed by atoms with Gasteiger partial charge in [0.15, 0.2) is 0 Å². The summed E-state index contributed by atoms with van der Waals surface area (Å²) in [4.78, 5) is 0. The van der Waals surface area contributed by atoms with Gasteiger partial charge in [0.05, 0.1) is 0 Å². The summed E-state index contributed by atoms with van der Waals surface area (Å²) in [6.45, 7) is 0. The highest BCUT2D eigenvalue weighted by molar-refractivity contribution is 7.86. The average molecular weight is 546 g/mol. The van der Waals surface area contributed by atoms with E-state index in [-0.39, 0.29) is 11.1 Å². The Kier molecular flexibility index (Phi) is 6.70. The van der Waals surface area contributed by atoms with E-state index in [1.807, 2.05) is 152 Å². The van der Waals surface area contributed by atoms with Crippen molar-refractivity contribution in [2.24, 2.45) is 0 Å². The van der Waals surface area contributed by atoms with Gasteiger partial charge in [0.2, 0.25) is 25.4 Å². The lowest BCUT2D eigenvalue weighted by atomic mass is 10.3. The Morgan fingerprint density at radius 2 is 0.641 bits per heavy atom. The lowest BCUT2D eigenvalue weighted by molar-refractivity contribution is 0.591. The van der Waals surface area contributed by atoms with E-state index in [4.69, 9.17) is 0 Å². The quantitative estimate of drug-likeness (QED) is 0.276. The van der Waals surface area contributed by atoms with Crippen LogP contribution >= 0.6 is 14.3 Å². The first-order chi connectivity index (χ1) is 19.1. The van der Waals surface area contributed by atoms with Crippen LogP contribution in [-0.4, -0.2) is 14.8 Å². The molecule has 1 heterocycles. The van der Waals surface area contributed by atoms with Gasteiger partial charge in [-0.2, -0.15) is 0 Å². The van der Waals surface area contributed by atoms with Crippen LogP contribution in [0.5, 0.6) is 0 Å². The molecule has 6 aromatic rings. The second kappa shape index (κ2) is 10.5. The van der Waals surface area contributed by atoms with E-state index in [9.17, 15) is 0 Å². The zero-order chi connectivity index (χ0) is 26.7. The van der Waals surface area contributed by atoms with Crippen LogP contribution in [0.1, 0.15) is 0 Å². The molecule has 0 N–H and O–H groups in total. The summed E-state index contributed by atoms with van der Waals surface area (Å²) in [5.41, 5.74) is 1.20. The van der Waals surface area contributed by atoms with E-state index >= 15 is 9.13 Å². The van der Waals surface area contributed by atoms with Crippen LogP contribution in [0.3, 0.4) is 0 Å². The van der Waals surface area contributed by atoms with Crippen LogP contribution in [0, 0.1) is 0 Å². The summed E-state index contributed by atoms with van der Waals surface area (Å²) in [6, 6.07) is 46.9. The van der Waals surface area contributed by atoms with Gasteiger partial charge >= 0.3 is 0 Å². The summed E-state index contributed by atoms with van der Waals surface area (Å²) in [5, 5.41) is 11.7. The molecule has 0 aliphatic rings. The molecular formula is C32H25N3O2P2. The molecule has 0 amide bonds. The van der Waals surface area contributed by atoms with Gasteiger partial charge in [-0.3, -0.25) is 4.57 Å². The van der Waals surface area contributed by atoms with Crippen molar-refractivity contribution in [2.45, 2.75) is 0 Å². The number of hydrogen-bond donors (Lipinski definition) is 0. The van der Waals surface area contributed by atoms with Crippen molar-refractivity contribution in [3.8, 4) is 5.69 Å². The molecule has 0 unspecified atom stereocenters. The van der Waals surface area contributed by atoms with Crippen LogP contribution in [-0.2, 0) is 9.13 Å². The zero-order valence-corrected chi connectivity index (χ0v) is 22.8. The number of para-hydroxylation sites is 1. The van der Waals surface area contributed by atoms with Crippen molar-refractivity contribution < 1.29 is 9.13 Å². The molecule has 5 aromatic carbocycles. The predicted molar refractivity (Wildman–Crippen MR) is 160 cm³/mol. The Bertz CT molecular complexity index is 1590. The van der Waals surface area contributed by atoms with Crippen LogP contribution in [0.4, 0.5) is 0 Å². The van der Waals surface area contributed by atoms with Crippen molar-refractivity contribution in [3.05, 3.63) is 152 Å². The minimum absolute atomic E-state index is 0.258. The van der Waals surface area contributed by atoms with Gasteiger partial charge in [0.1, 0.15) is 0 Å². The standard InChI is InChI=1S/C32H25N3O2P2/c36-38(27-18-8-2-9-19-27,28-20-10-3-11-21-28)31-33-34-32(35(31)26-16-6-1-7-17-26)39(37,29-22-12-4-13-23-29)30-24-14-5-15-25-30/h1-25H. The first-order valence-electron chi connectivity index (χ1n) is 12.6.